The molecule has 128 valence electrons. The number of aromatic nitrogens is 2. The fourth-order valence-corrected chi connectivity index (χ4v) is 3.59. The first-order valence-electron chi connectivity index (χ1n) is 8.22. The van der Waals surface area contributed by atoms with Gasteiger partial charge in [-0.3, -0.25) is 4.79 Å². The van der Waals surface area contributed by atoms with E-state index in [0.717, 1.165) is 41.5 Å². The van der Waals surface area contributed by atoms with E-state index in [9.17, 15) is 13.6 Å². The molecule has 0 spiro atoms. The zero-order chi connectivity index (χ0) is 17.6. The van der Waals surface area contributed by atoms with Crippen LogP contribution in [-0.2, 0) is 0 Å². The Morgan fingerprint density at radius 3 is 2.84 bits per heavy atom. The molecule has 4 nitrogen and oxygen atoms in total. The molecule has 0 unspecified atom stereocenters. The standard InChI is InChI=1S/C19H17F2N3O/c1-12-22-17-4-2-3-5-18(17)24(12)14-8-9-23(11-14)19(25)15-10-13(20)6-7-16(15)21/h2-7,10,14H,8-9,11H2,1H3/t14-/m1/s1. The lowest BCUT2D eigenvalue weighted by atomic mass is 10.2. The molecule has 6 heteroatoms. The summed E-state index contributed by atoms with van der Waals surface area (Å²) in [4.78, 5) is 18.7. The highest BCUT2D eigenvalue weighted by molar-refractivity contribution is 5.94. The van der Waals surface area contributed by atoms with Gasteiger partial charge in [-0.05, 0) is 43.7 Å². The number of amides is 1. The molecule has 1 aliphatic rings. The molecular formula is C19H17F2N3O. The molecule has 1 amide bonds. The van der Waals surface area contributed by atoms with Crippen molar-refractivity contribution in [3.8, 4) is 0 Å². The van der Waals surface area contributed by atoms with Crippen molar-refractivity contribution in [1.82, 2.24) is 14.5 Å². The maximum atomic E-state index is 13.9. The largest absolute Gasteiger partial charge is 0.336 e. The van der Waals surface area contributed by atoms with Crippen LogP contribution in [0.3, 0.4) is 0 Å². The van der Waals surface area contributed by atoms with Gasteiger partial charge in [-0.2, -0.15) is 0 Å². The van der Waals surface area contributed by atoms with Crippen molar-refractivity contribution in [2.75, 3.05) is 13.1 Å². The fraction of sp³-hybridized carbons (Fsp3) is 0.263. The van der Waals surface area contributed by atoms with Crippen LogP contribution in [0.4, 0.5) is 8.78 Å². The maximum absolute atomic E-state index is 13.9. The zero-order valence-electron chi connectivity index (χ0n) is 13.7. The highest BCUT2D eigenvalue weighted by Crippen LogP contribution is 2.29. The smallest absolute Gasteiger partial charge is 0.257 e. The van der Waals surface area contributed by atoms with Gasteiger partial charge in [-0.15, -0.1) is 0 Å². The summed E-state index contributed by atoms with van der Waals surface area (Å²) in [5.41, 5.74) is 1.73. The highest BCUT2D eigenvalue weighted by atomic mass is 19.1. The van der Waals surface area contributed by atoms with Crippen molar-refractivity contribution in [1.29, 1.82) is 0 Å². The molecular weight excluding hydrogens is 324 g/mol. The van der Waals surface area contributed by atoms with Gasteiger partial charge < -0.3 is 9.47 Å². The molecule has 1 fully saturated rings. The van der Waals surface area contributed by atoms with E-state index in [1.807, 2.05) is 31.2 Å². The molecule has 0 aliphatic carbocycles. The number of para-hydroxylation sites is 2. The number of carbonyl (C=O) groups excluding carboxylic acids is 1. The molecule has 3 aromatic rings. The van der Waals surface area contributed by atoms with E-state index in [0.29, 0.717) is 13.1 Å². The molecule has 4 rings (SSSR count). The predicted octanol–water partition coefficient (Wildman–Crippen LogP) is 3.71. The van der Waals surface area contributed by atoms with E-state index in [1.54, 1.807) is 4.90 Å². The summed E-state index contributed by atoms with van der Waals surface area (Å²) in [6.45, 7) is 2.90. The average molecular weight is 341 g/mol. The van der Waals surface area contributed by atoms with Crippen LogP contribution in [-0.4, -0.2) is 33.4 Å². The van der Waals surface area contributed by atoms with Crippen LogP contribution in [0.15, 0.2) is 42.5 Å². The van der Waals surface area contributed by atoms with E-state index in [4.69, 9.17) is 0 Å². The number of rotatable bonds is 2. The number of imidazole rings is 1. The lowest BCUT2D eigenvalue weighted by molar-refractivity contribution is 0.0782. The molecule has 0 bridgehead atoms. The number of likely N-dealkylation sites (tertiary alicyclic amines) is 1. The first kappa shape index (κ1) is 15.7. The lowest BCUT2D eigenvalue weighted by Gasteiger charge is -2.19. The topological polar surface area (TPSA) is 38.1 Å². The van der Waals surface area contributed by atoms with Crippen LogP contribution in [0.5, 0.6) is 0 Å². The van der Waals surface area contributed by atoms with Crippen molar-refractivity contribution in [2.45, 2.75) is 19.4 Å². The molecule has 1 saturated heterocycles. The molecule has 0 saturated carbocycles. The van der Waals surface area contributed by atoms with Crippen LogP contribution < -0.4 is 0 Å². The Bertz CT molecular complexity index is 966. The zero-order valence-corrected chi connectivity index (χ0v) is 13.7. The highest BCUT2D eigenvalue weighted by Gasteiger charge is 2.31. The number of aryl methyl sites for hydroxylation is 1. The number of halogens is 2. The van der Waals surface area contributed by atoms with Gasteiger partial charge >= 0.3 is 0 Å². The van der Waals surface area contributed by atoms with Gasteiger partial charge in [0.2, 0.25) is 0 Å². The average Bonchev–Trinajstić information content (AvgIpc) is 3.19. The van der Waals surface area contributed by atoms with Gasteiger partial charge in [0.25, 0.3) is 5.91 Å². The molecule has 0 radical (unpaired) electrons. The second-order valence-electron chi connectivity index (χ2n) is 6.34. The first-order valence-corrected chi connectivity index (χ1v) is 8.22. The Labute approximate surface area is 143 Å². The van der Waals surface area contributed by atoms with Crippen molar-refractivity contribution in [3.05, 3.63) is 65.5 Å². The number of benzene rings is 2. The summed E-state index contributed by atoms with van der Waals surface area (Å²) >= 11 is 0. The number of hydrogen-bond donors (Lipinski definition) is 0. The minimum atomic E-state index is -0.695. The van der Waals surface area contributed by atoms with Gasteiger partial charge in [0.1, 0.15) is 17.5 Å². The quantitative estimate of drug-likeness (QED) is 0.713. The fourth-order valence-electron chi connectivity index (χ4n) is 3.59. The van der Waals surface area contributed by atoms with Crippen LogP contribution in [0, 0.1) is 18.6 Å². The van der Waals surface area contributed by atoms with Crippen molar-refractivity contribution in [2.24, 2.45) is 0 Å². The van der Waals surface area contributed by atoms with Crippen LogP contribution in [0.2, 0.25) is 0 Å². The van der Waals surface area contributed by atoms with Gasteiger partial charge in [-0.1, -0.05) is 12.1 Å². The van der Waals surface area contributed by atoms with E-state index >= 15 is 0 Å². The van der Waals surface area contributed by atoms with Crippen LogP contribution in [0.1, 0.15) is 28.6 Å². The van der Waals surface area contributed by atoms with Gasteiger partial charge in [0.15, 0.2) is 0 Å². The summed E-state index contributed by atoms with van der Waals surface area (Å²) in [5.74, 6) is -0.893. The molecule has 0 N–H and O–H groups in total. The number of nitrogens with zero attached hydrogens (tertiary/aromatic N) is 3. The van der Waals surface area contributed by atoms with Crippen molar-refractivity contribution < 1.29 is 13.6 Å². The van der Waals surface area contributed by atoms with E-state index in [2.05, 4.69) is 9.55 Å². The monoisotopic (exact) mass is 341 g/mol. The third-order valence-corrected chi connectivity index (χ3v) is 4.75. The molecule has 1 atom stereocenters. The first-order chi connectivity index (χ1) is 12.0. The minimum absolute atomic E-state index is 0.0768. The van der Waals surface area contributed by atoms with E-state index < -0.39 is 17.5 Å². The van der Waals surface area contributed by atoms with Gasteiger partial charge in [0.05, 0.1) is 22.6 Å². The Morgan fingerprint density at radius 2 is 2.00 bits per heavy atom. The predicted molar refractivity (Wildman–Crippen MR) is 90.4 cm³/mol. The number of hydrogen-bond acceptors (Lipinski definition) is 2. The Morgan fingerprint density at radius 1 is 1.20 bits per heavy atom. The molecule has 1 aliphatic heterocycles. The minimum Gasteiger partial charge on any atom is -0.336 e. The normalized spacial score (nSPS) is 17.4. The lowest BCUT2D eigenvalue weighted by Crippen LogP contribution is -2.30. The van der Waals surface area contributed by atoms with E-state index in [1.165, 1.54) is 0 Å². The summed E-state index contributed by atoms with van der Waals surface area (Å²) in [6.07, 6.45) is 0.754. The van der Waals surface area contributed by atoms with E-state index in [-0.39, 0.29) is 11.6 Å². The maximum Gasteiger partial charge on any atom is 0.257 e. The Balaban J connectivity index is 1.62. The van der Waals surface area contributed by atoms with Crippen LogP contribution in [0.25, 0.3) is 11.0 Å². The second kappa shape index (κ2) is 5.95. The third-order valence-electron chi connectivity index (χ3n) is 4.75. The molecule has 1 aromatic heterocycles. The summed E-state index contributed by atoms with van der Waals surface area (Å²) in [5, 5.41) is 0. The Kier molecular flexibility index (Phi) is 3.75. The Hall–Kier alpha value is -2.76. The van der Waals surface area contributed by atoms with Crippen molar-refractivity contribution >= 4 is 16.9 Å². The SMILES string of the molecule is Cc1nc2ccccc2n1[C@@H]1CCN(C(=O)c2cc(F)ccc2F)C1. The number of carbonyl (C=O) groups is 1. The third kappa shape index (κ3) is 2.67. The summed E-state index contributed by atoms with van der Waals surface area (Å²) < 4.78 is 29.4. The molecule has 2 heterocycles. The molecule has 25 heavy (non-hydrogen) atoms. The number of fused-ring (bicyclic) bond motifs is 1. The van der Waals surface area contributed by atoms with Crippen LogP contribution >= 0.6 is 0 Å². The molecule has 2 aromatic carbocycles. The second-order valence-corrected chi connectivity index (χ2v) is 6.34. The van der Waals surface area contributed by atoms with Crippen molar-refractivity contribution in [3.63, 3.8) is 0 Å². The summed E-state index contributed by atoms with van der Waals surface area (Å²) in [6, 6.07) is 10.9. The van der Waals surface area contributed by atoms with Gasteiger partial charge in [0, 0.05) is 13.1 Å². The summed E-state index contributed by atoms with van der Waals surface area (Å²) in [7, 11) is 0. The van der Waals surface area contributed by atoms with Gasteiger partial charge in [-0.25, -0.2) is 13.8 Å².